The van der Waals surface area contributed by atoms with E-state index in [9.17, 15) is 4.79 Å². The van der Waals surface area contributed by atoms with Crippen molar-refractivity contribution in [2.45, 2.75) is 38.6 Å². The average Bonchev–Trinajstić information content (AvgIpc) is 2.31. The van der Waals surface area contributed by atoms with Crippen LogP contribution < -0.4 is 0 Å². The number of carbonyl (C=O) groups is 1. The number of esters is 1. The maximum atomic E-state index is 11.3. The highest BCUT2D eigenvalue weighted by atomic mass is 16.5. The van der Waals surface area contributed by atoms with Gasteiger partial charge in [0.25, 0.3) is 0 Å². The molecule has 94 valence electrons. The minimum Gasteiger partial charge on any atom is -0.469 e. The SMILES string of the molecule is CCOCCN1CCCCC1CC(=O)OC. The molecule has 1 saturated heterocycles. The fourth-order valence-corrected chi connectivity index (χ4v) is 2.19. The molecule has 1 atom stereocenters. The van der Waals surface area contributed by atoms with Crippen molar-refractivity contribution in [2.24, 2.45) is 0 Å². The molecule has 4 nitrogen and oxygen atoms in total. The molecule has 0 N–H and O–H groups in total. The zero-order chi connectivity index (χ0) is 11.8. The van der Waals surface area contributed by atoms with Gasteiger partial charge in [0.05, 0.1) is 20.1 Å². The minimum atomic E-state index is -0.103. The second-order valence-corrected chi connectivity index (χ2v) is 4.16. The van der Waals surface area contributed by atoms with Crippen molar-refractivity contribution in [1.82, 2.24) is 4.90 Å². The third kappa shape index (κ3) is 4.49. The number of carbonyl (C=O) groups excluding carboxylic acids is 1. The van der Waals surface area contributed by atoms with Gasteiger partial charge < -0.3 is 9.47 Å². The van der Waals surface area contributed by atoms with Crippen molar-refractivity contribution in [3.05, 3.63) is 0 Å². The molecule has 4 heteroatoms. The van der Waals surface area contributed by atoms with E-state index in [-0.39, 0.29) is 5.97 Å². The summed E-state index contributed by atoms with van der Waals surface area (Å²) in [5, 5.41) is 0. The summed E-state index contributed by atoms with van der Waals surface area (Å²) in [6, 6.07) is 0.349. The van der Waals surface area contributed by atoms with Crippen LogP contribution in [-0.4, -0.2) is 50.3 Å². The minimum absolute atomic E-state index is 0.103. The van der Waals surface area contributed by atoms with Crippen LogP contribution in [0.4, 0.5) is 0 Å². The highest BCUT2D eigenvalue weighted by Crippen LogP contribution is 2.19. The summed E-state index contributed by atoms with van der Waals surface area (Å²) in [7, 11) is 1.45. The standard InChI is InChI=1S/C12H23NO3/c1-3-16-9-8-13-7-5-4-6-11(13)10-12(14)15-2/h11H,3-10H2,1-2H3. The lowest BCUT2D eigenvalue weighted by Gasteiger charge is -2.34. The summed E-state index contributed by atoms with van der Waals surface area (Å²) in [6.45, 7) is 5.52. The van der Waals surface area contributed by atoms with Gasteiger partial charge in [0.15, 0.2) is 0 Å². The molecule has 1 rings (SSSR count). The predicted octanol–water partition coefficient (Wildman–Crippen LogP) is 1.44. The molecule has 0 amide bonds. The molecule has 1 fully saturated rings. The van der Waals surface area contributed by atoms with E-state index in [1.54, 1.807) is 0 Å². The Kier molecular flexibility index (Phi) is 6.42. The van der Waals surface area contributed by atoms with Gasteiger partial charge in [-0.2, -0.15) is 0 Å². The first-order valence-electron chi connectivity index (χ1n) is 6.16. The highest BCUT2D eigenvalue weighted by molar-refractivity contribution is 5.69. The molecule has 0 aromatic rings. The van der Waals surface area contributed by atoms with Gasteiger partial charge in [0.1, 0.15) is 0 Å². The molecule has 1 unspecified atom stereocenters. The number of hydrogen-bond donors (Lipinski definition) is 0. The molecule has 0 bridgehead atoms. The number of likely N-dealkylation sites (tertiary alicyclic amines) is 1. The fourth-order valence-electron chi connectivity index (χ4n) is 2.19. The maximum absolute atomic E-state index is 11.3. The number of piperidine rings is 1. The molecule has 1 aliphatic heterocycles. The molecule has 1 aliphatic rings. The Labute approximate surface area is 97.9 Å². The number of methoxy groups -OCH3 is 1. The Morgan fingerprint density at radius 3 is 2.94 bits per heavy atom. The summed E-state index contributed by atoms with van der Waals surface area (Å²) in [6.07, 6.45) is 4.06. The Bertz CT molecular complexity index is 208. The first kappa shape index (κ1) is 13.5. The lowest BCUT2D eigenvalue weighted by molar-refractivity contribution is -0.142. The van der Waals surface area contributed by atoms with Crippen molar-refractivity contribution >= 4 is 5.97 Å². The van der Waals surface area contributed by atoms with Crippen LogP contribution in [0.5, 0.6) is 0 Å². The summed E-state index contributed by atoms with van der Waals surface area (Å²) < 4.78 is 10.1. The lowest BCUT2D eigenvalue weighted by atomic mass is 9.99. The average molecular weight is 229 g/mol. The summed E-state index contributed by atoms with van der Waals surface area (Å²) in [5.74, 6) is -0.103. The largest absolute Gasteiger partial charge is 0.469 e. The van der Waals surface area contributed by atoms with E-state index in [2.05, 4.69) is 4.90 Å². The van der Waals surface area contributed by atoms with E-state index in [1.807, 2.05) is 6.92 Å². The molecular weight excluding hydrogens is 206 g/mol. The normalized spacial score (nSPS) is 22.0. The second kappa shape index (κ2) is 7.63. The monoisotopic (exact) mass is 229 g/mol. The van der Waals surface area contributed by atoms with Gasteiger partial charge in [0, 0.05) is 19.2 Å². The van der Waals surface area contributed by atoms with Gasteiger partial charge in [-0.1, -0.05) is 6.42 Å². The molecule has 0 aromatic carbocycles. The highest BCUT2D eigenvalue weighted by Gasteiger charge is 2.24. The first-order valence-corrected chi connectivity index (χ1v) is 6.16. The first-order chi connectivity index (χ1) is 7.77. The zero-order valence-electron chi connectivity index (χ0n) is 10.4. The molecule has 16 heavy (non-hydrogen) atoms. The van der Waals surface area contributed by atoms with Crippen LogP contribution in [0.2, 0.25) is 0 Å². The summed E-state index contributed by atoms with van der Waals surface area (Å²) in [5.41, 5.74) is 0. The van der Waals surface area contributed by atoms with E-state index in [4.69, 9.17) is 9.47 Å². The van der Waals surface area contributed by atoms with Crippen LogP contribution in [0.1, 0.15) is 32.6 Å². The Balaban J connectivity index is 2.34. The lowest BCUT2D eigenvalue weighted by Crippen LogP contribution is -2.42. The van der Waals surface area contributed by atoms with Crippen LogP contribution in [0.25, 0.3) is 0 Å². The van der Waals surface area contributed by atoms with Crippen molar-refractivity contribution in [1.29, 1.82) is 0 Å². The number of rotatable bonds is 6. The van der Waals surface area contributed by atoms with E-state index in [0.29, 0.717) is 12.5 Å². The molecule has 0 aliphatic carbocycles. The van der Waals surface area contributed by atoms with Gasteiger partial charge >= 0.3 is 5.97 Å². The maximum Gasteiger partial charge on any atom is 0.307 e. The van der Waals surface area contributed by atoms with Crippen molar-refractivity contribution in [3.8, 4) is 0 Å². The molecular formula is C12H23NO3. The fraction of sp³-hybridized carbons (Fsp3) is 0.917. The third-order valence-electron chi connectivity index (χ3n) is 3.11. The van der Waals surface area contributed by atoms with Crippen LogP contribution >= 0.6 is 0 Å². The molecule has 0 spiro atoms. The molecule has 1 heterocycles. The molecule has 0 saturated carbocycles. The van der Waals surface area contributed by atoms with Crippen LogP contribution in [0.3, 0.4) is 0 Å². The van der Waals surface area contributed by atoms with Crippen molar-refractivity contribution in [3.63, 3.8) is 0 Å². The van der Waals surface area contributed by atoms with E-state index in [1.165, 1.54) is 20.0 Å². The second-order valence-electron chi connectivity index (χ2n) is 4.16. The van der Waals surface area contributed by atoms with Gasteiger partial charge in [0.2, 0.25) is 0 Å². The molecule has 0 radical (unpaired) electrons. The van der Waals surface area contributed by atoms with Crippen LogP contribution in [0, 0.1) is 0 Å². The van der Waals surface area contributed by atoms with E-state index in [0.717, 1.165) is 32.7 Å². The Hall–Kier alpha value is -0.610. The number of ether oxygens (including phenoxy) is 2. The van der Waals surface area contributed by atoms with Crippen LogP contribution in [-0.2, 0) is 14.3 Å². The number of hydrogen-bond acceptors (Lipinski definition) is 4. The van der Waals surface area contributed by atoms with Gasteiger partial charge in [-0.3, -0.25) is 9.69 Å². The Morgan fingerprint density at radius 1 is 1.44 bits per heavy atom. The summed E-state index contributed by atoms with van der Waals surface area (Å²) in [4.78, 5) is 13.6. The van der Waals surface area contributed by atoms with Gasteiger partial charge in [-0.25, -0.2) is 0 Å². The van der Waals surface area contributed by atoms with E-state index >= 15 is 0 Å². The van der Waals surface area contributed by atoms with Gasteiger partial charge in [-0.05, 0) is 26.3 Å². The van der Waals surface area contributed by atoms with Crippen LogP contribution in [0.15, 0.2) is 0 Å². The smallest absolute Gasteiger partial charge is 0.307 e. The van der Waals surface area contributed by atoms with Crippen molar-refractivity contribution in [2.75, 3.05) is 33.4 Å². The quantitative estimate of drug-likeness (QED) is 0.510. The molecule has 0 aromatic heterocycles. The summed E-state index contributed by atoms with van der Waals surface area (Å²) >= 11 is 0. The number of nitrogens with zero attached hydrogens (tertiary/aromatic N) is 1. The predicted molar refractivity (Wildman–Crippen MR) is 62.3 cm³/mol. The topological polar surface area (TPSA) is 38.8 Å². The van der Waals surface area contributed by atoms with Crippen molar-refractivity contribution < 1.29 is 14.3 Å². The van der Waals surface area contributed by atoms with Gasteiger partial charge in [-0.15, -0.1) is 0 Å². The third-order valence-corrected chi connectivity index (χ3v) is 3.11. The zero-order valence-corrected chi connectivity index (χ0v) is 10.4. The Morgan fingerprint density at radius 2 is 2.25 bits per heavy atom. The van der Waals surface area contributed by atoms with E-state index < -0.39 is 0 Å².